The van der Waals surface area contributed by atoms with E-state index in [-0.39, 0.29) is 0 Å². The van der Waals surface area contributed by atoms with Crippen molar-refractivity contribution in [2.75, 3.05) is 24.5 Å². The maximum atomic E-state index is 8.77. The normalized spacial score (nSPS) is 27.8. The van der Waals surface area contributed by atoms with Crippen molar-refractivity contribution in [2.45, 2.75) is 12.5 Å². The maximum absolute atomic E-state index is 8.77. The average Bonchev–Trinajstić information content (AvgIpc) is 2.91. The smallest absolute Gasteiger partial charge is 0.0991 e. The second kappa shape index (κ2) is 3.80. The molecule has 2 aliphatic rings. The molecule has 0 saturated carbocycles. The number of hydrogen-bond acceptors (Lipinski definition) is 3. The third kappa shape index (κ3) is 1.46. The molecule has 2 aliphatic heterocycles. The van der Waals surface area contributed by atoms with E-state index < -0.39 is 0 Å². The predicted molar refractivity (Wildman–Crippen MR) is 63.3 cm³/mol. The first-order valence-corrected chi connectivity index (χ1v) is 5.86. The lowest BCUT2D eigenvalue weighted by Crippen LogP contribution is -2.33. The number of anilines is 1. The minimum Gasteiger partial charge on any atom is -0.367 e. The second-order valence-corrected chi connectivity index (χ2v) is 4.63. The minimum atomic E-state index is 0.660. The highest BCUT2D eigenvalue weighted by molar-refractivity contribution is 5.52. The molecule has 3 rings (SSSR count). The molecule has 2 atom stereocenters. The summed E-state index contributed by atoms with van der Waals surface area (Å²) in [4.78, 5) is 2.48. The van der Waals surface area contributed by atoms with Crippen molar-refractivity contribution in [3.8, 4) is 6.07 Å². The topological polar surface area (TPSA) is 39.1 Å². The van der Waals surface area contributed by atoms with Crippen molar-refractivity contribution in [1.82, 2.24) is 5.32 Å². The highest BCUT2D eigenvalue weighted by Gasteiger charge is 2.37. The quantitative estimate of drug-likeness (QED) is 0.765. The van der Waals surface area contributed by atoms with Gasteiger partial charge in [0.05, 0.1) is 11.6 Å². The molecule has 1 aromatic rings. The van der Waals surface area contributed by atoms with E-state index in [1.807, 2.05) is 12.1 Å². The van der Waals surface area contributed by atoms with Crippen molar-refractivity contribution in [3.05, 3.63) is 29.8 Å². The van der Waals surface area contributed by atoms with Crippen molar-refractivity contribution in [1.29, 1.82) is 5.26 Å². The van der Waals surface area contributed by atoms with Gasteiger partial charge in [0, 0.05) is 31.4 Å². The fraction of sp³-hybridized carbons (Fsp3) is 0.462. The highest BCUT2D eigenvalue weighted by atomic mass is 15.2. The first-order chi connectivity index (χ1) is 7.88. The van der Waals surface area contributed by atoms with Crippen LogP contribution in [0.2, 0.25) is 0 Å². The molecule has 82 valence electrons. The molecular weight excluding hydrogens is 198 g/mol. The van der Waals surface area contributed by atoms with Gasteiger partial charge < -0.3 is 10.2 Å². The lowest BCUT2D eigenvalue weighted by Gasteiger charge is -2.25. The average molecular weight is 213 g/mol. The summed E-state index contributed by atoms with van der Waals surface area (Å²) in [6, 6.07) is 10.8. The Hall–Kier alpha value is -1.53. The number of nitrogens with one attached hydrogen (secondary N) is 1. The lowest BCUT2D eigenvalue weighted by atomic mass is 10.0. The number of rotatable bonds is 1. The summed E-state index contributed by atoms with van der Waals surface area (Å²) in [5.74, 6) is 0.815. The summed E-state index contributed by atoms with van der Waals surface area (Å²) < 4.78 is 0. The highest BCUT2D eigenvalue weighted by Crippen LogP contribution is 2.31. The largest absolute Gasteiger partial charge is 0.367 e. The van der Waals surface area contributed by atoms with Gasteiger partial charge in [-0.25, -0.2) is 0 Å². The lowest BCUT2D eigenvalue weighted by molar-refractivity contribution is 0.579. The molecular formula is C13H15N3. The molecule has 0 aliphatic carbocycles. The summed E-state index contributed by atoms with van der Waals surface area (Å²) in [6.07, 6.45) is 1.29. The van der Waals surface area contributed by atoms with Crippen molar-refractivity contribution in [3.63, 3.8) is 0 Å². The molecule has 0 radical (unpaired) electrons. The van der Waals surface area contributed by atoms with Gasteiger partial charge in [0.1, 0.15) is 0 Å². The first kappa shape index (κ1) is 9.68. The van der Waals surface area contributed by atoms with Crippen LogP contribution in [0.5, 0.6) is 0 Å². The minimum absolute atomic E-state index is 0.660. The van der Waals surface area contributed by atoms with Crippen LogP contribution in [0, 0.1) is 17.2 Å². The molecule has 1 aromatic carbocycles. The molecule has 1 N–H and O–H groups in total. The summed E-state index contributed by atoms with van der Waals surface area (Å²) in [6.45, 7) is 3.42. The van der Waals surface area contributed by atoms with Gasteiger partial charge in [0.15, 0.2) is 0 Å². The van der Waals surface area contributed by atoms with Crippen LogP contribution in [-0.4, -0.2) is 25.7 Å². The van der Waals surface area contributed by atoms with E-state index in [0.29, 0.717) is 6.04 Å². The van der Waals surface area contributed by atoms with Crippen LogP contribution in [0.4, 0.5) is 5.69 Å². The molecule has 2 saturated heterocycles. The van der Waals surface area contributed by atoms with E-state index in [1.165, 1.54) is 12.1 Å². The van der Waals surface area contributed by atoms with Gasteiger partial charge >= 0.3 is 0 Å². The fourth-order valence-corrected chi connectivity index (χ4v) is 2.90. The SMILES string of the molecule is N#Cc1ccc(N2CC[C@H]3CNC[C@H]32)cc1. The standard InChI is InChI=1S/C13H15N3/c14-7-10-1-3-12(4-2-10)16-6-5-11-8-15-9-13(11)16/h1-4,11,13,15H,5-6,8-9H2/t11-,13+/m0/s1. The number of fused-ring (bicyclic) bond motifs is 1. The van der Waals surface area contributed by atoms with Crippen LogP contribution in [0.1, 0.15) is 12.0 Å². The number of benzene rings is 1. The molecule has 16 heavy (non-hydrogen) atoms. The van der Waals surface area contributed by atoms with Crippen molar-refractivity contribution in [2.24, 2.45) is 5.92 Å². The molecule has 0 bridgehead atoms. The molecule has 0 spiro atoms. The zero-order valence-electron chi connectivity index (χ0n) is 9.19. The Labute approximate surface area is 95.7 Å². The van der Waals surface area contributed by atoms with Crippen LogP contribution in [-0.2, 0) is 0 Å². The van der Waals surface area contributed by atoms with E-state index in [0.717, 1.165) is 31.1 Å². The van der Waals surface area contributed by atoms with Crippen molar-refractivity contribution < 1.29 is 0 Å². The third-order valence-electron chi connectivity index (χ3n) is 3.77. The Morgan fingerprint density at radius 2 is 2.06 bits per heavy atom. The molecule has 0 aromatic heterocycles. The van der Waals surface area contributed by atoms with Crippen LogP contribution in [0.15, 0.2) is 24.3 Å². The Kier molecular flexibility index (Phi) is 2.30. The summed E-state index contributed by atoms with van der Waals surface area (Å²) >= 11 is 0. The molecule has 0 unspecified atom stereocenters. The Balaban J connectivity index is 1.84. The Morgan fingerprint density at radius 3 is 2.81 bits per heavy atom. The van der Waals surface area contributed by atoms with Crippen LogP contribution in [0.25, 0.3) is 0 Å². The molecule has 2 fully saturated rings. The zero-order chi connectivity index (χ0) is 11.0. The third-order valence-corrected chi connectivity index (χ3v) is 3.77. The fourth-order valence-electron chi connectivity index (χ4n) is 2.90. The van der Waals surface area contributed by atoms with Gasteiger partial charge in [-0.15, -0.1) is 0 Å². The second-order valence-electron chi connectivity index (χ2n) is 4.63. The number of nitrogens with zero attached hydrogens (tertiary/aromatic N) is 2. The van der Waals surface area contributed by atoms with Crippen molar-refractivity contribution >= 4 is 5.69 Å². The van der Waals surface area contributed by atoms with Crippen LogP contribution < -0.4 is 10.2 Å². The number of hydrogen-bond donors (Lipinski definition) is 1. The van der Waals surface area contributed by atoms with Crippen LogP contribution in [0.3, 0.4) is 0 Å². The van der Waals surface area contributed by atoms with Gasteiger partial charge in [0.2, 0.25) is 0 Å². The Morgan fingerprint density at radius 1 is 1.25 bits per heavy atom. The summed E-state index contributed by atoms with van der Waals surface area (Å²) in [5, 5.41) is 12.2. The van der Waals surface area contributed by atoms with E-state index in [9.17, 15) is 0 Å². The van der Waals surface area contributed by atoms with Gasteiger partial charge in [-0.3, -0.25) is 0 Å². The van der Waals surface area contributed by atoms with Gasteiger partial charge in [-0.1, -0.05) is 0 Å². The monoisotopic (exact) mass is 213 g/mol. The maximum Gasteiger partial charge on any atom is 0.0991 e. The van der Waals surface area contributed by atoms with Gasteiger partial charge in [0.25, 0.3) is 0 Å². The van der Waals surface area contributed by atoms with E-state index in [2.05, 4.69) is 28.4 Å². The zero-order valence-corrected chi connectivity index (χ0v) is 9.19. The van der Waals surface area contributed by atoms with Crippen LogP contribution >= 0.6 is 0 Å². The van der Waals surface area contributed by atoms with E-state index in [4.69, 9.17) is 5.26 Å². The van der Waals surface area contributed by atoms with E-state index >= 15 is 0 Å². The first-order valence-electron chi connectivity index (χ1n) is 5.86. The summed E-state index contributed by atoms with van der Waals surface area (Å²) in [5.41, 5.74) is 2.00. The molecule has 0 amide bonds. The molecule has 2 heterocycles. The Bertz CT molecular complexity index is 418. The number of nitriles is 1. The summed E-state index contributed by atoms with van der Waals surface area (Å²) in [7, 11) is 0. The molecule has 3 heteroatoms. The molecule has 3 nitrogen and oxygen atoms in total. The predicted octanol–water partition coefficient (Wildman–Crippen LogP) is 1.36. The van der Waals surface area contributed by atoms with Gasteiger partial charge in [-0.2, -0.15) is 5.26 Å². The van der Waals surface area contributed by atoms with E-state index in [1.54, 1.807) is 0 Å². The van der Waals surface area contributed by atoms with Gasteiger partial charge in [-0.05, 0) is 36.6 Å².